The van der Waals surface area contributed by atoms with Gasteiger partial charge in [-0.3, -0.25) is 0 Å². The van der Waals surface area contributed by atoms with Gasteiger partial charge in [-0.1, -0.05) is 6.42 Å². The fourth-order valence-electron chi connectivity index (χ4n) is 2.17. The molecule has 0 aromatic heterocycles. The Hall–Kier alpha value is -1.42. The van der Waals surface area contributed by atoms with E-state index >= 15 is 0 Å². The molecule has 0 spiro atoms. The lowest BCUT2D eigenvalue weighted by molar-refractivity contribution is 0.301. The van der Waals surface area contributed by atoms with E-state index in [0.29, 0.717) is 11.5 Å². The second kappa shape index (κ2) is 5.96. The van der Waals surface area contributed by atoms with Crippen LogP contribution in [-0.2, 0) is 6.54 Å². The number of benzene rings is 1. The first-order chi connectivity index (χ1) is 8.74. The second-order valence-electron chi connectivity index (χ2n) is 4.78. The molecule has 2 N–H and O–H groups in total. The molecule has 0 bridgehead atoms. The third kappa shape index (κ3) is 2.88. The molecule has 0 aliphatic heterocycles. The van der Waals surface area contributed by atoms with E-state index in [2.05, 4.69) is 5.32 Å². The van der Waals surface area contributed by atoms with Gasteiger partial charge in [0.25, 0.3) is 0 Å². The quantitative estimate of drug-likeness (QED) is 0.814. The zero-order valence-corrected chi connectivity index (χ0v) is 11.0. The van der Waals surface area contributed by atoms with Gasteiger partial charge < -0.3 is 19.9 Å². The van der Waals surface area contributed by atoms with Crippen LogP contribution in [0, 0.1) is 5.92 Å². The van der Waals surface area contributed by atoms with E-state index in [1.54, 1.807) is 14.2 Å². The molecule has 0 unspecified atom stereocenters. The zero-order valence-electron chi connectivity index (χ0n) is 11.0. The zero-order chi connectivity index (χ0) is 13.0. The minimum absolute atomic E-state index is 0.0581. The van der Waals surface area contributed by atoms with Crippen LogP contribution in [0.2, 0.25) is 0 Å². The molecule has 0 radical (unpaired) electrons. The molecule has 4 heteroatoms. The molecular formula is C14H21NO3. The van der Waals surface area contributed by atoms with E-state index in [-0.39, 0.29) is 5.75 Å². The molecule has 0 saturated heterocycles. The number of aromatic hydroxyl groups is 1. The van der Waals surface area contributed by atoms with Crippen molar-refractivity contribution in [2.75, 3.05) is 20.8 Å². The molecule has 0 atom stereocenters. The first-order valence-corrected chi connectivity index (χ1v) is 6.39. The molecule has 0 heterocycles. The molecule has 18 heavy (non-hydrogen) atoms. The number of hydrogen-bond donors (Lipinski definition) is 2. The monoisotopic (exact) mass is 251 g/mol. The second-order valence-corrected chi connectivity index (χ2v) is 4.78. The average Bonchev–Trinajstić information content (AvgIpc) is 2.33. The maximum atomic E-state index is 9.80. The molecule has 1 aliphatic carbocycles. The first-order valence-electron chi connectivity index (χ1n) is 6.39. The highest BCUT2D eigenvalue weighted by Crippen LogP contribution is 2.37. The summed E-state index contributed by atoms with van der Waals surface area (Å²) >= 11 is 0. The maximum absolute atomic E-state index is 9.80. The van der Waals surface area contributed by atoms with Crippen molar-refractivity contribution >= 4 is 0 Å². The van der Waals surface area contributed by atoms with Gasteiger partial charge in [0, 0.05) is 6.54 Å². The third-order valence-electron chi connectivity index (χ3n) is 3.53. The molecule has 100 valence electrons. The van der Waals surface area contributed by atoms with Crippen LogP contribution >= 0.6 is 0 Å². The number of phenols is 1. The predicted molar refractivity (Wildman–Crippen MR) is 70.3 cm³/mol. The Balaban J connectivity index is 1.97. The molecule has 1 aromatic carbocycles. The van der Waals surface area contributed by atoms with Crippen molar-refractivity contribution in [3.05, 3.63) is 17.7 Å². The van der Waals surface area contributed by atoms with Crippen molar-refractivity contribution in [3.63, 3.8) is 0 Å². The van der Waals surface area contributed by atoms with E-state index in [1.807, 2.05) is 12.1 Å². The Bertz CT molecular complexity index is 377. The van der Waals surface area contributed by atoms with Crippen LogP contribution in [0.25, 0.3) is 0 Å². The first kappa shape index (κ1) is 13.0. The summed E-state index contributed by atoms with van der Waals surface area (Å²) in [6.45, 7) is 1.83. The van der Waals surface area contributed by atoms with Crippen molar-refractivity contribution in [2.24, 2.45) is 5.92 Å². The number of nitrogens with one attached hydrogen (secondary N) is 1. The number of methoxy groups -OCH3 is 2. The molecule has 1 aromatic rings. The van der Waals surface area contributed by atoms with Gasteiger partial charge >= 0.3 is 0 Å². The summed E-state index contributed by atoms with van der Waals surface area (Å²) in [5.41, 5.74) is 1.06. The van der Waals surface area contributed by atoms with E-state index < -0.39 is 0 Å². The van der Waals surface area contributed by atoms with Gasteiger partial charge in [0.15, 0.2) is 11.5 Å². The largest absolute Gasteiger partial charge is 0.502 e. The summed E-state index contributed by atoms with van der Waals surface area (Å²) in [7, 11) is 3.08. The number of rotatable bonds is 6. The SMILES string of the molecule is COc1cc(CNCC2CCC2)cc(OC)c1O. The van der Waals surface area contributed by atoms with E-state index in [4.69, 9.17) is 9.47 Å². The van der Waals surface area contributed by atoms with Crippen molar-refractivity contribution in [2.45, 2.75) is 25.8 Å². The van der Waals surface area contributed by atoms with Gasteiger partial charge in [-0.15, -0.1) is 0 Å². The highest BCUT2D eigenvalue weighted by atomic mass is 16.5. The summed E-state index contributed by atoms with van der Waals surface area (Å²) in [6.07, 6.45) is 4.05. The Kier molecular flexibility index (Phi) is 4.31. The maximum Gasteiger partial charge on any atom is 0.200 e. The van der Waals surface area contributed by atoms with Crippen LogP contribution in [0.3, 0.4) is 0 Å². The standard InChI is InChI=1S/C14H21NO3/c1-17-12-6-11(7-13(18-2)14(12)16)9-15-8-10-4-3-5-10/h6-7,10,15-16H,3-5,8-9H2,1-2H3. The van der Waals surface area contributed by atoms with Crippen LogP contribution < -0.4 is 14.8 Å². The lowest BCUT2D eigenvalue weighted by Gasteiger charge is -2.25. The van der Waals surface area contributed by atoms with Gasteiger partial charge in [0.1, 0.15) is 0 Å². The summed E-state index contributed by atoms with van der Waals surface area (Å²) < 4.78 is 10.3. The molecular weight excluding hydrogens is 230 g/mol. The van der Waals surface area contributed by atoms with Crippen LogP contribution in [0.5, 0.6) is 17.2 Å². The normalized spacial score (nSPS) is 15.2. The van der Waals surface area contributed by atoms with Gasteiger partial charge in [0.2, 0.25) is 5.75 Å². The predicted octanol–water partition coefficient (Wildman–Crippen LogP) is 2.30. The Labute approximate surface area is 108 Å². The van der Waals surface area contributed by atoms with Crippen LogP contribution in [0.15, 0.2) is 12.1 Å². The molecule has 1 saturated carbocycles. The van der Waals surface area contributed by atoms with Crippen molar-refractivity contribution in [1.29, 1.82) is 0 Å². The fourth-order valence-corrected chi connectivity index (χ4v) is 2.17. The minimum Gasteiger partial charge on any atom is -0.502 e. The van der Waals surface area contributed by atoms with Gasteiger partial charge in [-0.05, 0) is 43.0 Å². The van der Waals surface area contributed by atoms with Gasteiger partial charge in [0.05, 0.1) is 14.2 Å². The van der Waals surface area contributed by atoms with Crippen LogP contribution in [0.1, 0.15) is 24.8 Å². The fraction of sp³-hybridized carbons (Fsp3) is 0.571. The smallest absolute Gasteiger partial charge is 0.200 e. The highest BCUT2D eigenvalue weighted by molar-refractivity contribution is 5.52. The summed E-state index contributed by atoms with van der Waals surface area (Å²) in [6, 6.07) is 3.68. The topological polar surface area (TPSA) is 50.7 Å². The van der Waals surface area contributed by atoms with E-state index in [1.165, 1.54) is 19.3 Å². The third-order valence-corrected chi connectivity index (χ3v) is 3.53. The average molecular weight is 251 g/mol. The van der Waals surface area contributed by atoms with Crippen molar-refractivity contribution in [3.8, 4) is 17.2 Å². The van der Waals surface area contributed by atoms with E-state index in [0.717, 1.165) is 24.6 Å². The highest BCUT2D eigenvalue weighted by Gasteiger charge is 2.16. The molecule has 1 aliphatic rings. The van der Waals surface area contributed by atoms with Crippen LogP contribution in [-0.4, -0.2) is 25.9 Å². The number of hydrogen-bond acceptors (Lipinski definition) is 4. The van der Waals surface area contributed by atoms with Crippen molar-refractivity contribution in [1.82, 2.24) is 5.32 Å². The van der Waals surface area contributed by atoms with Crippen molar-refractivity contribution < 1.29 is 14.6 Å². The molecule has 0 amide bonds. The number of ether oxygens (including phenoxy) is 2. The van der Waals surface area contributed by atoms with Gasteiger partial charge in [-0.25, -0.2) is 0 Å². The lowest BCUT2D eigenvalue weighted by Crippen LogP contribution is -2.26. The summed E-state index contributed by atoms with van der Waals surface area (Å²) in [5, 5.41) is 13.2. The Morgan fingerprint density at radius 1 is 1.22 bits per heavy atom. The lowest BCUT2D eigenvalue weighted by atomic mass is 9.85. The molecule has 1 fully saturated rings. The number of phenolic OH excluding ortho intramolecular Hbond substituents is 1. The summed E-state index contributed by atoms with van der Waals surface area (Å²) in [5.74, 6) is 1.80. The molecule has 4 nitrogen and oxygen atoms in total. The van der Waals surface area contributed by atoms with E-state index in [9.17, 15) is 5.11 Å². The Morgan fingerprint density at radius 2 is 1.83 bits per heavy atom. The summed E-state index contributed by atoms with van der Waals surface area (Å²) in [4.78, 5) is 0. The molecule has 2 rings (SSSR count). The van der Waals surface area contributed by atoms with Crippen LogP contribution in [0.4, 0.5) is 0 Å². The minimum atomic E-state index is 0.0581. The van der Waals surface area contributed by atoms with Gasteiger partial charge in [-0.2, -0.15) is 0 Å². The Morgan fingerprint density at radius 3 is 2.28 bits per heavy atom.